The van der Waals surface area contributed by atoms with E-state index >= 15 is 0 Å². The fourth-order valence-corrected chi connectivity index (χ4v) is 5.96. The van der Waals surface area contributed by atoms with E-state index in [9.17, 15) is 21.6 Å². The van der Waals surface area contributed by atoms with Gasteiger partial charge in [0, 0.05) is 26.2 Å². The zero-order valence-electron chi connectivity index (χ0n) is 24.6. The van der Waals surface area contributed by atoms with Gasteiger partial charge >= 0.3 is 16.5 Å². The molecule has 1 aromatic carbocycles. The fourth-order valence-electron chi connectivity index (χ4n) is 5.12. The van der Waals surface area contributed by atoms with E-state index in [0.29, 0.717) is 0 Å². The number of hydrogen-bond acceptors (Lipinski definition) is 9. The van der Waals surface area contributed by atoms with Gasteiger partial charge in [-0.3, -0.25) is 21.3 Å². The molecule has 9 nitrogen and oxygen atoms in total. The van der Waals surface area contributed by atoms with Gasteiger partial charge in [-0.25, -0.2) is 0 Å². The molecule has 13 heteroatoms. The van der Waals surface area contributed by atoms with Crippen molar-refractivity contribution >= 4 is 10.1 Å². The zero-order valence-corrected chi connectivity index (χ0v) is 25.4. The zero-order chi connectivity index (χ0) is 30.1. The number of nitrogens with one attached hydrogen (secondary N) is 4. The largest absolute Gasteiger partial charge is 0.537 e. The number of rotatable bonds is 12. The summed E-state index contributed by atoms with van der Waals surface area (Å²) in [5.74, 6) is 0. The summed E-state index contributed by atoms with van der Waals surface area (Å²) in [4.78, 5) is -0.530. The van der Waals surface area contributed by atoms with Gasteiger partial charge in [-0.05, 0) is 52.7 Å². The third-order valence-electron chi connectivity index (χ3n) is 7.64. The van der Waals surface area contributed by atoms with Gasteiger partial charge in [0.05, 0.1) is 16.2 Å². The van der Waals surface area contributed by atoms with Crippen LogP contribution in [-0.4, -0.2) is 63.4 Å². The fraction of sp³-hybridized carbons (Fsp3) is 0.778. The first-order valence-corrected chi connectivity index (χ1v) is 15.5. The molecule has 0 aromatic heterocycles. The van der Waals surface area contributed by atoms with Crippen LogP contribution in [0.2, 0.25) is 0 Å². The summed E-state index contributed by atoms with van der Waals surface area (Å²) in [7, 11) is -4.74. The first-order chi connectivity index (χ1) is 18.6. The molecule has 2 aliphatic heterocycles. The van der Waals surface area contributed by atoms with E-state index in [2.05, 4.69) is 67.0 Å². The highest BCUT2D eigenvalue weighted by molar-refractivity contribution is 7.86. The van der Waals surface area contributed by atoms with Crippen LogP contribution in [0.25, 0.3) is 0 Å². The number of nitrogens with zero attached hydrogens (tertiary/aromatic N) is 2. The summed E-state index contributed by atoms with van der Waals surface area (Å²) in [6, 6.07) is 6.11. The minimum atomic E-state index is -5.20. The Bertz CT molecular complexity index is 995. The van der Waals surface area contributed by atoms with E-state index in [0.717, 1.165) is 51.2 Å². The molecular weight excluding hydrogens is 545 g/mol. The molecule has 0 bridgehead atoms. The average molecular weight is 593 g/mol. The standard InChI is InChI=1S/C20H42N6.C7H5F3O3S/c1-7-9-11-19(21-13-14-22-19)17(3,4)25-26-18(5,6)20(12-10-8-2)23-15-16-24-20;8-7(9,10)13-14(11,12)6-4-2-1-3-5-6/h21-24H,7-16H2,1-6H3;1-5H. The molecular formula is C27H47F3N6O3S. The van der Waals surface area contributed by atoms with Crippen LogP contribution in [0.4, 0.5) is 13.2 Å². The van der Waals surface area contributed by atoms with Crippen LogP contribution in [0.5, 0.6) is 0 Å². The van der Waals surface area contributed by atoms with E-state index in [1.807, 2.05) is 0 Å². The third kappa shape index (κ3) is 8.93. The second-order valence-electron chi connectivity index (χ2n) is 11.3. The van der Waals surface area contributed by atoms with Gasteiger partial charge in [0.2, 0.25) is 0 Å². The van der Waals surface area contributed by atoms with Crippen LogP contribution in [0, 0.1) is 0 Å². The summed E-state index contributed by atoms with van der Waals surface area (Å²) in [5, 5.41) is 24.7. The normalized spacial score (nSPS) is 19.5. The summed E-state index contributed by atoms with van der Waals surface area (Å²) in [5.41, 5.74) is -0.924. The van der Waals surface area contributed by atoms with Crippen molar-refractivity contribution in [1.29, 1.82) is 0 Å². The van der Waals surface area contributed by atoms with Gasteiger partial charge in [-0.1, -0.05) is 57.7 Å². The predicted molar refractivity (Wildman–Crippen MR) is 150 cm³/mol. The summed E-state index contributed by atoms with van der Waals surface area (Å²) < 4.78 is 59.7. The first kappa shape index (κ1) is 34.6. The smallest absolute Gasteiger partial charge is 0.296 e. The van der Waals surface area contributed by atoms with Crippen LogP contribution in [0.1, 0.15) is 80.1 Å². The predicted octanol–water partition coefficient (Wildman–Crippen LogP) is 5.07. The maximum atomic E-state index is 11.6. The number of unbranched alkanes of at least 4 members (excludes halogenated alkanes) is 2. The van der Waals surface area contributed by atoms with Crippen LogP contribution in [0.3, 0.4) is 0 Å². The van der Waals surface area contributed by atoms with E-state index in [1.165, 1.54) is 43.9 Å². The lowest BCUT2D eigenvalue weighted by Crippen LogP contribution is -2.64. The Balaban J connectivity index is 0.000000337. The first-order valence-electron chi connectivity index (χ1n) is 14.1. The van der Waals surface area contributed by atoms with Crippen LogP contribution >= 0.6 is 0 Å². The molecule has 4 N–H and O–H groups in total. The van der Waals surface area contributed by atoms with E-state index in [-0.39, 0.29) is 22.4 Å². The molecule has 0 spiro atoms. The maximum Gasteiger partial charge on any atom is 0.537 e. The number of halogens is 3. The van der Waals surface area contributed by atoms with Crippen molar-refractivity contribution < 1.29 is 25.8 Å². The highest BCUT2D eigenvalue weighted by atomic mass is 32.2. The monoisotopic (exact) mass is 592 g/mol. The van der Waals surface area contributed by atoms with Crippen molar-refractivity contribution in [2.75, 3.05) is 26.2 Å². The molecule has 40 heavy (non-hydrogen) atoms. The molecule has 0 atom stereocenters. The lowest BCUT2D eigenvalue weighted by Gasteiger charge is -2.44. The Morgan fingerprint density at radius 3 is 1.48 bits per heavy atom. The summed E-state index contributed by atoms with van der Waals surface area (Å²) >= 11 is 0. The second-order valence-corrected chi connectivity index (χ2v) is 12.9. The van der Waals surface area contributed by atoms with E-state index in [1.54, 1.807) is 0 Å². The second kappa shape index (κ2) is 14.0. The van der Waals surface area contributed by atoms with Crippen LogP contribution in [0.15, 0.2) is 45.5 Å². The van der Waals surface area contributed by atoms with Crippen LogP contribution < -0.4 is 21.3 Å². The summed E-state index contributed by atoms with van der Waals surface area (Å²) in [6.07, 6.45) is 1.71. The quantitative estimate of drug-likeness (QED) is 0.198. The molecule has 1 aromatic rings. The van der Waals surface area contributed by atoms with Crippen molar-refractivity contribution in [2.45, 2.75) is 114 Å². The van der Waals surface area contributed by atoms with Gasteiger partial charge in [-0.15, -0.1) is 13.2 Å². The molecule has 2 heterocycles. The minimum absolute atomic E-state index is 0.157. The molecule has 2 fully saturated rings. The maximum absolute atomic E-state index is 11.6. The van der Waals surface area contributed by atoms with Gasteiger partial charge in [0.25, 0.3) is 0 Å². The molecule has 0 aliphatic carbocycles. The molecule has 0 radical (unpaired) electrons. The number of hydrogen-bond donors (Lipinski definition) is 4. The molecule has 3 rings (SSSR count). The van der Waals surface area contributed by atoms with E-state index < -0.39 is 21.4 Å². The highest BCUT2D eigenvalue weighted by Crippen LogP contribution is 2.35. The number of azo groups is 1. The van der Waals surface area contributed by atoms with Crippen molar-refractivity contribution in [3.05, 3.63) is 30.3 Å². The molecule has 2 saturated heterocycles. The Hall–Kier alpha value is -1.64. The lowest BCUT2D eigenvalue weighted by atomic mass is 9.83. The Kier molecular flexibility index (Phi) is 12.1. The summed E-state index contributed by atoms with van der Waals surface area (Å²) in [6.45, 7) is 17.3. The topological polar surface area (TPSA) is 116 Å². The van der Waals surface area contributed by atoms with Crippen molar-refractivity contribution in [3.8, 4) is 0 Å². The van der Waals surface area contributed by atoms with Crippen molar-refractivity contribution in [3.63, 3.8) is 0 Å². The van der Waals surface area contributed by atoms with Gasteiger partial charge in [-0.2, -0.15) is 22.8 Å². The molecule has 2 aliphatic rings. The van der Waals surface area contributed by atoms with Gasteiger partial charge < -0.3 is 0 Å². The van der Waals surface area contributed by atoms with Gasteiger partial charge in [0.1, 0.15) is 11.1 Å². The highest BCUT2D eigenvalue weighted by Gasteiger charge is 2.50. The number of benzene rings is 1. The third-order valence-corrected chi connectivity index (χ3v) is 8.90. The Morgan fingerprint density at radius 2 is 1.15 bits per heavy atom. The molecule has 230 valence electrons. The van der Waals surface area contributed by atoms with Crippen molar-refractivity contribution in [2.24, 2.45) is 10.2 Å². The molecule has 0 unspecified atom stereocenters. The minimum Gasteiger partial charge on any atom is -0.296 e. The van der Waals surface area contributed by atoms with E-state index in [4.69, 9.17) is 10.2 Å². The lowest BCUT2D eigenvalue weighted by molar-refractivity contribution is -0.271. The average Bonchev–Trinajstić information content (AvgIpc) is 3.57. The van der Waals surface area contributed by atoms with Crippen molar-refractivity contribution in [1.82, 2.24) is 21.3 Å². The number of alkyl halides is 3. The van der Waals surface area contributed by atoms with Crippen LogP contribution in [-0.2, 0) is 14.3 Å². The Morgan fingerprint density at radius 1 is 0.775 bits per heavy atom. The SMILES string of the molecule is CCCCC1(C(C)(C)N=NC(C)(C)C2(CCCC)NCCN2)NCCN1.O=S(=O)(OC(F)(F)F)c1ccccc1. The Labute approximate surface area is 237 Å². The van der Waals surface area contributed by atoms with Gasteiger partial charge in [0.15, 0.2) is 0 Å². The molecule has 0 amide bonds. The molecule has 0 saturated carbocycles.